The van der Waals surface area contributed by atoms with Gasteiger partial charge in [0.25, 0.3) is 0 Å². The van der Waals surface area contributed by atoms with E-state index in [9.17, 15) is 5.11 Å². The standard InChI is InChI=1S/C30H36N2O/c1-2-32(22-24-10-8-23(9-11-24)16-19-31-17-5-18-31)30-7-4-3-6-29(30)27-13-12-26-21-28(33)15-14-25(26)20-27/h3-4,6-11,14-15,21,27,33H,2,5,12-13,16-20,22H2,1H3/t27-/m1/s1. The van der Waals surface area contributed by atoms with Gasteiger partial charge in [-0.15, -0.1) is 0 Å². The first-order valence-electron chi connectivity index (χ1n) is 12.6. The number of likely N-dealkylation sites (tertiary alicyclic amines) is 1. The lowest BCUT2D eigenvalue weighted by molar-refractivity contribution is 0.184. The van der Waals surface area contributed by atoms with Crippen molar-refractivity contribution in [3.05, 3.63) is 94.5 Å². The summed E-state index contributed by atoms with van der Waals surface area (Å²) in [4.78, 5) is 5.06. The van der Waals surface area contributed by atoms with Crippen LogP contribution >= 0.6 is 0 Å². The van der Waals surface area contributed by atoms with Crippen molar-refractivity contribution in [3.8, 4) is 5.75 Å². The van der Waals surface area contributed by atoms with E-state index in [1.54, 1.807) is 0 Å². The Balaban J connectivity index is 1.29. The molecule has 3 heteroatoms. The van der Waals surface area contributed by atoms with Crippen molar-refractivity contribution in [1.29, 1.82) is 0 Å². The fraction of sp³-hybridized carbons (Fsp3) is 0.400. The highest BCUT2D eigenvalue weighted by Crippen LogP contribution is 2.38. The number of fused-ring (bicyclic) bond motifs is 1. The van der Waals surface area contributed by atoms with Crippen LogP contribution < -0.4 is 4.90 Å². The highest BCUT2D eigenvalue weighted by atomic mass is 16.3. The fourth-order valence-electron chi connectivity index (χ4n) is 5.42. The van der Waals surface area contributed by atoms with Gasteiger partial charge in [0.05, 0.1) is 0 Å². The minimum Gasteiger partial charge on any atom is -0.508 e. The molecular weight excluding hydrogens is 404 g/mol. The molecule has 1 saturated heterocycles. The van der Waals surface area contributed by atoms with E-state index in [0.29, 0.717) is 11.7 Å². The highest BCUT2D eigenvalue weighted by Gasteiger charge is 2.24. The molecule has 0 bridgehead atoms. The number of benzene rings is 3. The molecule has 1 aliphatic heterocycles. The Labute approximate surface area is 198 Å². The first kappa shape index (κ1) is 22.0. The lowest BCUT2D eigenvalue weighted by Crippen LogP contribution is -2.38. The molecule has 0 amide bonds. The molecule has 0 unspecified atom stereocenters. The second-order valence-electron chi connectivity index (χ2n) is 9.73. The Bertz CT molecular complexity index is 1070. The Hall–Kier alpha value is -2.78. The van der Waals surface area contributed by atoms with Crippen LogP contribution in [0.15, 0.2) is 66.7 Å². The maximum Gasteiger partial charge on any atom is 0.115 e. The van der Waals surface area contributed by atoms with Crippen LogP contribution in [0.25, 0.3) is 0 Å². The molecule has 1 aliphatic carbocycles. The van der Waals surface area contributed by atoms with Crippen molar-refractivity contribution in [2.45, 2.75) is 51.5 Å². The summed E-state index contributed by atoms with van der Waals surface area (Å²) in [6.45, 7) is 7.94. The molecule has 0 saturated carbocycles. The lowest BCUT2D eigenvalue weighted by Gasteiger charge is -2.31. The molecule has 3 aromatic carbocycles. The summed E-state index contributed by atoms with van der Waals surface area (Å²) < 4.78 is 0. The van der Waals surface area contributed by atoms with Gasteiger partial charge in [-0.25, -0.2) is 0 Å². The number of aryl methyl sites for hydroxylation is 1. The Morgan fingerprint density at radius 2 is 1.73 bits per heavy atom. The maximum absolute atomic E-state index is 9.84. The average molecular weight is 441 g/mol. The minimum atomic E-state index is 0.385. The largest absolute Gasteiger partial charge is 0.508 e. The summed E-state index contributed by atoms with van der Waals surface area (Å²) in [6, 6.07) is 24.2. The predicted molar refractivity (Wildman–Crippen MR) is 137 cm³/mol. The highest BCUT2D eigenvalue weighted by molar-refractivity contribution is 5.56. The second kappa shape index (κ2) is 10.0. The van der Waals surface area contributed by atoms with Crippen LogP contribution in [-0.4, -0.2) is 36.2 Å². The van der Waals surface area contributed by atoms with Gasteiger partial charge in [-0.3, -0.25) is 0 Å². The summed E-state index contributed by atoms with van der Waals surface area (Å²) in [5.74, 6) is 0.910. The normalized spacial score (nSPS) is 17.9. The molecule has 5 rings (SSSR count). The zero-order chi connectivity index (χ0) is 22.6. The molecule has 3 aromatic rings. The van der Waals surface area contributed by atoms with E-state index >= 15 is 0 Å². The van der Waals surface area contributed by atoms with Crippen LogP contribution in [-0.2, 0) is 25.8 Å². The van der Waals surface area contributed by atoms with E-state index in [1.165, 1.54) is 59.6 Å². The van der Waals surface area contributed by atoms with E-state index in [2.05, 4.69) is 71.3 Å². The van der Waals surface area contributed by atoms with Crippen LogP contribution in [0, 0.1) is 0 Å². The number of aromatic hydroxyl groups is 1. The Morgan fingerprint density at radius 3 is 2.48 bits per heavy atom. The van der Waals surface area contributed by atoms with Gasteiger partial charge in [0.15, 0.2) is 0 Å². The SMILES string of the molecule is CCN(Cc1ccc(CCN2CCC2)cc1)c1ccccc1[C@@H]1CCc2cc(O)ccc2C1. The van der Waals surface area contributed by atoms with Gasteiger partial charge in [0.2, 0.25) is 0 Å². The van der Waals surface area contributed by atoms with Crippen LogP contribution in [0.2, 0.25) is 0 Å². The number of rotatable bonds is 8. The van der Waals surface area contributed by atoms with Crippen molar-refractivity contribution in [1.82, 2.24) is 4.90 Å². The minimum absolute atomic E-state index is 0.385. The maximum atomic E-state index is 9.84. The van der Waals surface area contributed by atoms with Crippen LogP contribution in [0.4, 0.5) is 5.69 Å². The van der Waals surface area contributed by atoms with E-state index in [1.807, 2.05) is 12.1 Å². The van der Waals surface area contributed by atoms with Crippen molar-refractivity contribution in [2.24, 2.45) is 0 Å². The van der Waals surface area contributed by atoms with E-state index in [0.717, 1.165) is 38.8 Å². The van der Waals surface area contributed by atoms with Crippen molar-refractivity contribution in [2.75, 3.05) is 31.1 Å². The summed E-state index contributed by atoms with van der Waals surface area (Å²) in [5, 5.41) is 9.84. The zero-order valence-electron chi connectivity index (χ0n) is 19.8. The first-order chi connectivity index (χ1) is 16.2. The Kier molecular flexibility index (Phi) is 6.68. The topological polar surface area (TPSA) is 26.7 Å². The second-order valence-corrected chi connectivity index (χ2v) is 9.73. The summed E-state index contributed by atoms with van der Waals surface area (Å²) in [5.41, 5.74) is 8.35. The monoisotopic (exact) mass is 440 g/mol. The fourth-order valence-corrected chi connectivity index (χ4v) is 5.42. The van der Waals surface area contributed by atoms with E-state index in [4.69, 9.17) is 0 Å². The molecule has 172 valence electrons. The lowest BCUT2D eigenvalue weighted by atomic mass is 9.79. The third-order valence-corrected chi connectivity index (χ3v) is 7.58. The molecule has 33 heavy (non-hydrogen) atoms. The average Bonchev–Trinajstić information content (AvgIpc) is 2.82. The van der Waals surface area contributed by atoms with E-state index < -0.39 is 0 Å². The number of hydrogen-bond acceptors (Lipinski definition) is 3. The summed E-state index contributed by atoms with van der Waals surface area (Å²) in [6.07, 6.45) is 5.74. The van der Waals surface area contributed by atoms with Crippen LogP contribution in [0.3, 0.4) is 0 Å². The molecule has 0 aromatic heterocycles. The first-order valence-corrected chi connectivity index (χ1v) is 12.6. The van der Waals surface area contributed by atoms with Crippen LogP contribution in [0.5, 0.6) is 5.75 Å². The third-order valence-electron chi connectivity index (χ3n) is 7.58. The molecule has 1 fully saturated rings. The molecule has 1 N–H and O–H groups in total. The third kappa shape index (κ3) is 5.09. The smallest absolute Gasteiger partial charge is 0.115 e. The number of anilines is 1. The predicted octanol–water partition coefficient (Wildman–Crippen LogP) is 5.94. The number of phenolic OH excluding ortho intramolecular Hbond substituents is 1. The summed E-state index contributed by atoms with van der Waals surface area (Å²) in [7, 11) is 0. The molecular formula is C30H36N2O. The number of hydrogen-bond donors (Lipinski definition) is 1. The van der Waals surface area contributed by atoms with Gasteiger partial charge < -0.3 is 14.9 Å². The van der Waals surface area contributed by atoms with Gasteiger partial charge in [-0.2, -0.15) is 0 Å². The van der Waals surface area contributed by atoms with Gasteiger partial charge in [-0.1, -0.05) is 48.5 Å². The summed E-state index contributed by atoms with van der Waals surface area (Å²) >= 11 is 0. The van der Waals surface area contributed by atoms with Crippen molar-refractivity contribution < 1.29 is 5.11 Å². The Morgan fingerprint density at radius 1 is 0.939 bits per heavy atom. The van der Waals surface area contributed by atoms with Crippen LogP contribution in [0.1, 0.15) is 53.5 Å². The molecule has 0 radical (unpaired) electrons. The van der Waals surface area contributed by atoms with Crippen molar-refractivity contribution in [3.63, 3.8) is 0 Å². The zero-order valence-corrected chi connectivity index (χ0v) is 19.8. The number of nitrogens with zero attached hydrogens (tertiary/aromatic N) is 2. The molecule has 0 spiro atoms. The quantitative estimate of drug-likeness (QED) is 0.470. The molecule has 3 nitrogen and oxygen atoms in total. The number of phenols is 1. The van der Waals surface area contributed by atoms with Gasteiger partial charge in [0.1, 0.15) is 5.75 Å². The molecule has 1 atom stereocenters. The van der Waals surface area contributed by atoms with E-state index in [-0.39, 0.29) is 0 Å². The number of para-hydroxylation sites is 1. The van der Waals surface area contributed by atoms with Gasteiger partial charge in [0, 0.05) is 25.3 Å². The van der Waals surface area contributed by atoms with Crippen molar-refractivity contribution >= 4 is 5.69 Å². The van der Waals surface area contributed by atoms with Gasteiger partial charge >= 0.3 is 0 Å². The van der Waals surface area contributed by atoms with Gasteiger partial charge in [-0.05, 0) is 104 Å². The molecule has 1 heterocycles. The molecule has 2 aliphatic rings.